The molecule has 0 bridgehead atoms. The summed E-state index contributed by atoms with van der Waals surface area (Å²) in [6.07, 6.45) is 4.59. The molecule has 5 heteroatoms. The highest BCUT2D eigenvalue weighted by molar-refractivity contribution is 7.14. The van der Waals surface area contributed by atoms with Gasteiger partial charge >= 0.3 is 5.97 Å². The average Bonchev–Trinajstić information content (AvgIpc) is 2.86. The first-order chi connectivity index (χ1) is 10.0. The summed E-state index contributed by atoms with van der Waals surface area (Å²) in [5.74, 6) is -1.05. The minimum absolute atomic E-state index is 0.0619. The topological polar surface area (TPSA) is 66.4 Å². The minimum Gasteiger partial charge on any atom is -0.481 e. The molecule has 1 aliphatic rings. The van der Waals surface area contributed by atoms with E-state index in [0.717, 1.165) is 42.5 Å². The summed E-state index contributed by atoms with van der Waals surface area (Å²) < 4.78 is 0. The van der Waals surface area contributed by atoms with Crippen molar-refractivity contribution in [3.8, 4) is 0 Å². The van der Waals surface area contributed by atoms with Crippen LogP contribution in [0, 0.1) is 18.8 Å². The van der Waals surface area contributed by atoms with Gasteiger partial charge in [-0.15, -0.1) is 11.3 Å². The third-order valence-corrected chi connectivity index (χ3v) is 5.70. The zero-order chi connectivity index (χ0) is 15.4. The van der Waals surface area contributed by atoms with Gasteiger partial charge in [0.1, 0.15) is 0 Å². The molecule has 1 aromatic rings. The Morgan fingerprint density at radius 3 is 2.71 bits per heavy atom. The van der Waals surface area contributed by atoms with Crippen LogP contribution in [0.3, 0.4) is 0 Å². The molecule has 1 heterocycles. The first-order valence-electron chi connectivity index (χ1n) is 7.63. The smallest absolute Gasteiger partial charge is 0.306 e. The van der Waals surface area contributed by atoms with Crippen molar-refractivity contribution in [3.63, 3.8) is 0 Å². The van der Waals surface area contributed by atoms with Crippen LogP contribution in [0.2, 0.25) is 0 Å². The Labute approximate surface area is 129 Å². The van der Waals surface area contributed by atoms with Crippen LogP contribution in [0.25, 0.3) is 0 Å². The number of carbonyl (C=O) groups excluding carboxylic acids is 1. The number of hydrogen-bond donors (Lipinski definition) is 2. The molecule has 0 aromatic carbocycles. The second kappa shape index (κ2) is 7.07. The molecule has 0 saturated heterocycles. The Morgan fingerprint density at radius 1 is 1.38 bits per heavy atom. The average molecular weight is 309 g/mol. The van der Waals surface area contributed by atoms with E-state index in [4.69, 9.17) is 0 Å². The van der Waals surface area contributed by atoms with Crippen molar-refractivity contribution in [1.29, 1.82) is 0 Å². The predicted molar refractivity (Wildman–Crippen MR) is 83.9 cm³/mol. The summed E-state index contributed by atoms with van der Waals surface area (Å²) in [7, 11) is 0. The number of hydrogen-bond acceptors (Lipinski definition) is 3. The fraction of sp³-hybridized carbons (Fsp3) is 0.625. The van der Waals surface area contributed by atoms with E-state index >= 15 is 0 Å². The van der Waals surface area contributed by atoms with Crippen molar-refractivity contribution in [2.75, 3.05) is 6.54 Å². The highest BCUT2D eigenvalue weighted by Gasteiger charge is 2.30. The monoisotopic (exact) mass is 309 g/mol. The van der Waals surface area contributed by atoms with E-state index in [1.54, 1.807) is 0 Å². The maximum atomic E-state index is 12.2. The lowest BCUT2D eigenvalue weighted by molar-refractivity contribution is -0.144. The van der Waals surface area contributed by atoms with Gasteiger partial charge in [-0.1, -0.05) is 19.8 Å². The van der Waals surface area contributed by atoms with Gasteiger partial charge in [0.05, 0.1) is 10.8 Å². The lowest BCUT2D eigenvalue weighted by Crippen LogP contribution is -2.37. The summed E-state index contributed by atoms with van der Waals surface area (Å²) in [6.45, 7) is 4.57. The van der Waals surface area contributed by atoms with E-state index in [2.05, 4.69) is 12.2 Å². The van der Waals surface area contributed by atoms with Gasteiger partial charge in [-0.2, -0.15) is 0 Å². The number of nitrogens with one attached hydrogen (secondary N) is 1. The third-order valence-electron chi connectivity index (χ3n) is 4.32. The van der Waals surface area contributed by atoms with Crippen LogP contribution in [-0.4, -0.2) is 23.5 Å². The number of thiophene rings is 1. The molecular weight excluding hydrogens is 286 g/mol. The molecule has 2 rings (SSSR count). The zero-order valence-corrected chi connectivity index (χ0v) is 13.5. The molecule has 4 nitrogen and oxygen atoms in total. The maximum Gasteiger partial charge on any atom is 0.306 e. The number of rotatable bonds is 5. The van der Waals surface area contributed by atoms with Gasteiger partial charge < -0.3 is 10.4 Å². The van der Waals surface area contributed by atoms with Crippen LogP contribution in [0.4, 0.5) is 0 Å². The summed E-state index contributed by atoms with van der Waals surface area (Å²) in [4.78, 5) is 25.4. The third kappa shape index (κ3) is 3.84. The summed E-state index contributed by atoms with van der Waals surface area (Å²) in [5.41, 5.74) is 1.16. The summed E-state index contributed by atoms with van der Waals surface area (Å²) >= 11 is 1.53. The van der Waals surface area contributed by atoms with Crippen LogP contribution in [0.5, 0.6) is 0 Å². The van der Waals surface area contributed by atoms with Crippen LogP contribution in [0.1, 0.15) is 52.7 Å². The maximum absolute atomic E-state index is 12.2. The number of aryl methyl sites for hydroxylation is 2. The molecule has 2 atom stereocenters. The van der Waals surface area contributed by atoms with Crippen molar-refractivity contribution in [2.24, 2.45) is 11.8 Å². The van der Waals surface area contributed by atoms with Gasteiger partial charge in [0.2, 0.25) is 0 Å². The lowest BCUT2D eigenvalue weighted by atomic mass is 9.79. The number of aliphatic carboxylic acids is 1. The van der Waals surface area contributed by atoms with E-state index in [9.17, 15) is 14.7 Å². The Hall–Kier alpha value is -1.36. The van der Waals surface area contributed by atoms with Crippen LogP contribution < -0.4 is 5.32 Å². The SMILES string of the molecule is CCc1sc(C(=O)NCC2CCCCC2C(=O)O)cc1C. The summed E-state index contributed by atoms with van der Waals surface area (Å²) in [6, 6.07) is 1.92. The fourth-order valence-electron chi connectivity index (χ4n) is 3.07. The van der Waals surface area contributed by atoms with Crippen LogP contribution in [-0.2, 0) is 11.2 Å². The molecule has 21 heavy (non-hydrogen) atoms. The van der Waals surface area contributed by atoms with Crippen molar-refractivity contribution in [2.45, 2.75) is 46.0 Å². The lowest BCUT2D eigenvalue weighted by Gasteiger charge is -2.28. The van der Waals surface area contributed by atoms with E-state index in [-0.39, 0.29) is 17.7 Å². The quantitative estimate of drug-likeness (QED) is 0.877. The Balaban J connectivity index is 1.94. The van der Waals surface area contributed by atoms with Crippen molar-refractivity contribution < 1.29 is 14.7 Å². The molecular formula is C16H23NO3S. The van der Waals surface area contributed by atoms with Gasteiger partial charge in [-0.3, -0.25) is 9.59 Å². The normalized spacial score (nSPS) is 22.0. The first kappa shape index (κ1) is 16.0. The van der Waals surface area contributed by atoms with Gasteiger partial charge in [0, 0.05) is 11.4 Å². The molecule has 1 aromatic heterocycles. The van der Waals surface area contributed by atoms with Crippen molar-refractivity contribution >= 4 is 23.2 Å². The van der Waals surface area contributed by atoms with Crippen LogP contribution in [0.15, 0.2) is 6.07 Å². The van der Waals surface area contributed by atoms with E-state index in [0.29, 0.717) is 6.54 Å². The Bertz CT molecular complexity index is 524. The molecule has 1 saturated carbocycles. The van der Waals surface area contributed by atoms with E-state index in [1.807, 2.05) is 13.0 Å². The molecule has 2 unspecified atom stereocenters. The van der Waals surface area contributed by atoms with Gasteiger partial charge in [0.15, 0.2) is 0 Å². The van der Waals surface area contributed by atoms with Gasteiger partial charge in [-0.25, -0.2) is 0 Å². The highest BCUT2D eigenvalue weighted by atomic mass is 32.1. The van der Waals surface area contributed by atoms with Gasteiger partial charge in [-0.05, 0) is 43.7 Å². The van der Waals surface area contributed by atoms with E-state index in [1.165, 1.54) is 16.2 Å². The number of carboxylic acid groups (broad SMARTS) is 1. The molecule has 0 spiro atoms. The second-order valence-corrected chi connectivity index (χ2v) is 6.91. The number of carbonyl (C=O) groups is 2. The minimum atomic E-state index is -0.728. The number of amides is 1. The van der Waals surface area contributed by atoms with Crippen molar-refractivity contribution in [1.82, 2.24) is 5.32 Å². The molecule has 1 amide bonds. The Kier molecular flexibility index (Phi) is 5.39. The number of carboxylic acids is 1. The second-order valence-electron chi connectivity index (χ2n) is 5.77. The highest BCUT2D eigenvalue weighted by Crippen LogP contribution is 2.30. The molecule has 0 radical (unpaired) electrons. The van der Waals surface area contributed by atoms with Gasteiger partial charge in [0.25, 0.3) is 5.91 Å². The largest absolute Gasteiger partial charge is 0.481 e. The van der Waals surface area contributed by atoms with E-state index < -0.39 is 5.97 Å². The fourth-order valence-corrected chi connectivity index (χ4v) is 4.10. The van der Waals surface area contributed by atoms with Crippen molar-refractivity contribution in [3.05, 3.63) is 21.4 Å². The zero-order valence-electron chi connectivity index (χ0n) is 12.6. The Morgan fingerprint density at radius 2 is 2.10 bits per heavy atom. The molecule has 1 aliphatic carbocycles. The summed E-state index contributed by atoms with van der Waals surface area (Å²) in [5, 5.41) is 12.2. The molecule has 116 valence electrons. The molecule has 2 N–H and O–H groups in total. The molecule has 0 aliphatic heterocycles. The molecule has 1 fully saturated rings. The standard InChI is InChI=1S/C16H23NO3S/c1-3-13-10(2)8-14(21-13)15(18)17-9-11-6-4-5-7-12(11)16(19)20/h8,11-12H,3-7,9H2,1-2H3,(H,17,18)(H,19,20). The first-order valence-corrected chi connectivity index (χ1v) is 8.44. The van der Waals surface area contributed by atoms with Crippen LogP contribution >= 0.6 is 11.3 Å². The predicted octanol–water partition coefficient (Wildman–Crippen LogP) is 3.24.